The minimum Gasteiger partial charge on any atom is -0.463 e. The van der Waals surface area contributed by atoms with Gasteiger partial charge in [0.2, 0.25) is 5.76 Å². The van der Waals surface area contributed by atoms with Crippen molar-refractivity contribution in [2.24, 2.45) is 0 Å². The maximum atomic E-state index is 10.9. The van der Waals surface area contributed by atoms with E-state index in [0.717, 1.165) is 12.8 Å². The van der Waals surface area contributed by atoms with Gasteiger partial charge >= 0.3 is 17.9 Å². The molecule has 126 valence electrons. The summed E-state index contributed by atoms with van der Waals surface area (Å²) in [5.74, 6) is -1.91. The Morgan fingerprint density at radius 1 is 1.23 bits per heavy atom. The van der Waals surface area contributed by atoms with Crippen LogP contribution in [0.25, 0.3) is 0 Å². The fourth-order valence-electron chi connectivity index (χ4n) is 0.832. The summed E-state index contributed by atoms with van der Waals surface area (Å²) in [6.07, 6.45) is 3.15. The van der Waals surface area contributed by atoms with Crippen molar-refractivity contribution >= 4 is 33.8 Å². The molecule has 0 heterocycles. The number of carbonyl (C=O) groups is 3. The third kappa shape index (κ3) is 13.4. The van der Waals surface area contributed by atoms with Gasteiger partial charge in [0.15, 0.2) is 0 Å². The maximum absolute atomic E-state index is 10.9. The molecule has 0 aliphatic heterocycles. The first-order valence-corrected chi connectivity index (χ1v) is 7.72. The molecule has 0 aromatic rings. The van der Waals surface area contributed by atoms with Gasteiger partial charge in [-0.1, -0.05) is 35.9 Å². The molecule has 0 aromatic heterocycles. The summed E-state index contributed by atoms with van der Waals surface area (Å²) < 4.78 is 13.8. The van der Waals surface area contributed by atoms with Crippen molar-refractivity contribution in [2.75, 3.05) is 13.2 Å². The van der Waals surface area contributed by atoms with Crippen LogP contribution in [0.2, 0.25) is 0 Å². The number of halogens is 1. The molecule has 0 bridgehead atoms. The quantitative estimate of drug-likeness (QED) is 0.161. The molecule has 0 rings (SSSR count). The van der Waals surface area contributed by atoms with Gasteiger partial charge in [-0.25, -0.2) is 9.59 Å². The van der Waals surface area contributed by atoms with Gasteiger partial charge in [0.05, 0.1) is 13.2 Å². The molecule has 0 N–H and O–H groups in total. The van der Waals surface area contributed by atoms with Crippen LogP contribution in [0, 0.1) is 0 Å². The number of carbonyl (C=O) groups excluding carboxylic acids is 3. The molecule has 0 saturated heterocycles. The van der Waals surface area contributed by atoms with E-state index in [4.69, 9.17) is 0 Å². The Morgan fingerprint density at radius 2 is 1.82 bits per heavy atom. The fourth-order valence-corrected chi connectivity index (χ4v) is 0.925. The first kappa shape index (κ1) is 22.6. The maximum Gasteiger partial charge on any atom is 0.373 e. The van der Waals surface area contributed by atoms with Crippen molar-refractivity contribution in [1.29, 1.82) is 0 Å². The van der Waals surface area contributed by atoms with Crippen LogP contribution >= 0.6 is 15.9 Å². The standard InChI is InChI=1S/C8H11BrO4.C7H12O2/c1-4-12-8(11)6(3)13-7(10)5(2)9;1-3-5-6-9-7(8)4-2/h5H,3-4H2,1-2H3;4H,2-3,5-6H2,1H3. The number of alkyl halides is 1. The van der Waals surface area contributed by atoms with Crippen molar-refractivity contribution in [3.05, 3.63) is 25.0 Å². The van der Waals surface area contributed by atoms with Gasteiger partial charge < -0.3 is 14.2 Å². The Hall–Kier alpha value is -1.63. The van der Waals surface area contributed by atoms with Gasteiger partial charge in [0.25, 0.3) is 0 Å². The van der Waals surface area contributed by atoms with Crippen LogP contribution < -0.4 is 0 Å². The molecule has 0 saturated carbocycles. The second-order valence-corrected chi connectivity index (χ2v) is 5.28. The van der Waals surface area contributed by atoms with Crippen molar-refractivity contribution in [3.63, 3.8) is 0 Å². The number of rotatable bonds is 8. The van der Waals surface area contributed by atoms with E-state index in [-0.39, 0.29) is 18.3 Å². The summed E-state index contributed by atoms with van der Waals surface area (Å²) >= 11 is 2.99. The highest BCUT2D eigenvalue weighted by Gasteiger charge is 2.17. The lowest BCUT2D eigenvalue weighted by Gasteiger charge is -2.06. The molecule has 1 atom stereocenters. The van der Waals surface area contributed by atoms with Crippen molar-refractivity contribution in [2.45, 2.75) is 38.4 Å². The van der Waals surface area contributed by atoms with Crippen LogP contribution in [0.4, 0.5) is 0 Å². The van der Waals surface area contributed by atoms with E-state index in [0.29, 0.717) is 6.61 Å². The van der Waals surface area contributed by atoms with Gasteiger partial charge in [-0.2, -0.15) is 0 Å². The summed E-state index contributed by atoms with van der Waals surface area (Å²) in [5.41, 5.74) is 0. The van der Waals surface area contributed by atoms with Crippen LogP contribution in [0.15, 0.2) is 25.0 Å². The number of hydrogen-bond acceptors (Lipinski definition) is 6. The van der Waals surface area contributed by atoms with E-state index in [1.807, 2.05) is 6.92 Å². The van der Waals surface area contributed by atoms with Gasteiger partial charge in [-0.3, -0.25) is 4.79 Å². The number of ether oxygens (including phenoxy) is 3. The average molecular weight is 379 g/mol. The molecule has 6 nitrogen and oxygen atoms in total. The molecule has 0 aliphatic carbocycles. The van der Waals surface area contributed by atoms with E-state index in [1.165, 1.54) is 6.08 Å². The Labute approximate surface area is 139 Å². The normalized spacial score (nSPS) is 10.4. The highest BCUT2D eigenvalue weighted by Crippen LogP contribution is 2.05. The predicted molar refractivity (Wildman–Crippen MR) is 86.3 cm³/mol. The van der Waals surface area contributed by atoms with Crippen LogP contribution in [-0.2, 0) is 28.6 Å². The molecule has 0 amide bonds. The Balaban J connectivity index is 0. The molecular weight excluding hydrogens is 356 g/mol. The Bertz CT molecular complexity index is 389. The predicted octanol–water partition coefficient (Wildman–Crippen LogP) is 2.91. The zero-order valence-electron chi connectivity index (χ0n) is 13.2. The monoisotopic (exact) mass is 378 g/mol. The topological polar surface area (TPSA) is 78.9 Å². The Morgan fingerprint density at radius 3 is 2.23 bits per heavy atom. The molecule has 0 spiro atoms. The van der Waals surface area contributed by atoms with Gasteiger partial charge in [0, 0.05) is 6.08 Å². The highest BCUT2D eigenvalue weighted by atomic mass is 79.9. The van der Waals surface area contributed by atoms with Crippen molar-refractivity contribution in [3.8, 4) is 0 Å². The van der Waals surface area contributed by atoms with Gasteiger partial charge in [-0.15, -0.1) is 0 Å². The third-order valence-electron chi connectivity index (χ3n) is 1.96. The van der Waals surface area contributed by atoms with E-state index >= 15 is 0 Å². The first-order valence-electron chi connectivity index (χ1n) is 6.81. The lowest BCUT2D eigenvalue weighted by Crippen LogP contribution is -2.18. The largest absolute Gasteiger partial charge is 0.463 e. The molecular formula is C15H23BrO6. The summed E-state index contributed by atoms with van der Waals surface area (Å²) in [6.45, 7) is 12.5. The van der Waals surface area contributed by atoms with Crippen LogP contribution in [0.5, 0.6) is 0 Å². The average Bonchev–Trinajstić information content (AvgIpc) is 2.47. The zero-order chi connectivity index (χ0) is 17.5. The summed E-state index contributed by atoms with van der Waals surface area (Å²) in [7, 11) is 0. The number of hydrogen-bond donors (Lipinski definition) is 0. The van der Waals surface area contributed by atoms with Gasteiger partial charge in [-0.05, 0) is 26.8 Å². The molecule has 22 heavy (non-hydrogen) atoms. The third-order valence-corrected chi connectivity index (χ3v) is 2.33. The highest BCUT2D eigenvalue weighted by molar-refractivity contribution is 9.10. The molecule has 0 aliphatic rings. The SMILES string of the molecule is C=C(OC(=O)C(C)Br)C(=O)OCC.C=CC(=O)OCCCC. The zero-order valence-corrected chi connectivity index (χ0v) is 14.8. The van der Waals surface area contributed by atoms with Gasteiger partial charge in [0.1, 0.15) is 4.83 Å². The molecule has 0 radical (unpaired) electrons. The van der Waals surface area contributed by atoms with E-state index in [9.17, 15) is 14.4 Å². The molecule has 7 heteroatoms. The first-order chi connectivity index (χ1) is 10.3. The lowest BCUT2D eigenvalue weighted by atomic mass is 10.4. The van der Waals surface area contributed by atoms with Crippen LogP contribution in [-0.4, -0.2) is 35.9 Å². The van der Waals surface area contributed by atoms with Crippen molar-refractivity contribution in [1.82, 2.24) is 0 Å². The van der Waals surface area contributed by atoms with E-state index in [1.54, 1.807) is 13.8 Å². The smallest absolute Gasteiger partial charge is 0.373 e. The second kappa shape index (κ2) is 14.3. The molecule has 0 fully saturated rings. The Kier molecular flexibility index (Phi) is 14.7. The minimum atomic E-state index is -0.719. The summed E-state index contributed by atoms with van der Waals surface area (Å²) in [4.78, 5) is 31.7. The number of esters is 3. The minimum absolute atomic E-state index is 0.221. The van der Waals surface area contributed by atoms with E-state index in [2.05, 4.69) is 43.3 Å². The summed E-state index contributed by atoms with van der Waals surface area (Å²) in [5, 5.41) is 0. The number of unbranched alkanes of at least 4 members (excludes halogenated alkanes) is 1. The van der Waals surface area contributed by atoms with Crippen LogP contribution in [0.3, 0.4) is 0 Å². The van der Waals surface area contributed by atoms with Crippen molar-refractivity contribution < 1.29 is 28.6 Å². The molecule has 0 aromatic carbocycles. The van der Waals surface area contributed by atoms with Crippen LogP contribution in [0.1, 0.15) is 33.6 Å². The summed E-state index contributed by atoms with van der Waals surface area (Å²) in [6, 6.07) is 0. The second-order valence-electron chi connectivity index (χ2n) is 3.91. The molecule has 1 unspecified atom stereocenters. The van der Waals surface area contributed by atoms with E-state index < -0.39 is 16.8 Å². The fraction of sp³-hybridized carbons (Fsp3) is 0.533. The lowest BCUT2D eigenvalue weighted by molar-refractivity contribution is -0.150.